The SMILES string of the molecule is CCCCCC(=O)Nc1cccc(NCC(=O)Nc2ccccc2OCCOc2ccccc2)c1. The van der Waals surface area contributed by atoms with Gasteiger partial charge in [0, 0.05) is 17.8 Å². The third-order valence-corrected chi connectivity index (χ3v) is 5.12. The minimum Gasteiger partial charge on any atom is -0.490 e. The average molecular weight is 476 g/mol. The van der Waals surface area contributed by atoms with E-state index >= 15 is 0 Å². The van der Waals surface area contributed by atoms with Crippen molar-refractivity contribution in [2.75, 3.05) is 35.7 Å². The normalized spacial score (nSPS) is 10.3. The van der Waals surface area contributed by atoms with Gasteiger partial charge in [-0.3, -0.25) is 9.59 Å². The monoisotopic (exact) mass is 475 g/mol. The number of para-hydroxylation sites is 3. The van der Waals surface area contributed by atoms with Gasteiger partial charge in [-0.25, -0.2) is 0 Å². The van der Waals surface area contributed by atoms with Crippen molar-refractivity contribution in [3.05, 3.63) is 78.9 Å². The molecule has 0 fully saturated rings. The van der Waals surface area contributed by atoms with Crippen LogP contribution in [0.1, 0.15) is 32.6 Å². The van der Waals surface area contributed by atoms with Gasteiger partial charge in [0.15, 0.2) is 0 Å². The van der Waals surface area contributed by atoms with Gasteiger partial charge >= 0.3 is 0 Å². The number of rotatable bonds is 14. The summed E-state index contributed by atoms with van der Waals surface area (Å²) in [7, 11) is 0. The lowest BCUT2D eigenvalue weighted by Crippen LogP contribution is -2.22. The molecule has 2 amide bonds. The highest BCUT2D eigenvalue weighted by Gasteiger charge is 2.09. The van der Waals surface area contributed by atoms with Gasteiger partial charge in [0.25, 0.3) is 0 Å². The number of amides is 2. The number of unbranched alkanes of at least 4 members (excludes halogenated alkanes) is 2. The van der Waals surface area contributed by atoms with Crippen molar-refractivity contribution in [3.63, 3.8) is 0 Å². The first-order chi connectivity index (χ1) is 17.1. The van der Waals surface area contributed by atoms with Crippen molar-refractivity contribution in [2.45, 2.75) is 32.6 Å². The van der Waals surface area contributed by atoms with E-state index in [-0.39, 0.29) is 18.4 Å². The quantitative estimate of drug-likeness (QED) is 0.260. The summed E-state index contributed by atoms with van der Waals surface area (Å²) < 4.78 is 11.5. The summed E-state index contributed by atoms with van der Waals surface area (Å²) in [5.41, 5.74) is 2.04. The second-order valence-corrected chi connectivity index (χ2v) is 7.99. The molecule has 7 heteroatoms. The van der Waals surface area contributed by atoms with Crippen LogP contribution in [0.15, 0.2) is 78.9 Å². The van der Waals surface area contributed by atoms with Crippen LogP contribution < -0.4 is 25.4 Å². The van der Waals surface area contributed by atoms with Crippen molar-refractivity contribution in [1.29, 1.82) is 0 Å². The molecule has 0 spiro atoms. The lowest BCUT2D eigenvalue weighted by atomic mass is 10.2. The Morgan fingerprint density at radius 2 is 1.49 bits per heavy atom. The molecule has 3 aromatic rings. The third kappa shape index (κ3) is 9.41. The number of hydrogen-bond acceptors (Lipinski definition) is 5. The van der Waals surface area contributed by atoms with Gasteiger partial charge in [-0.1, -0.05) is 56.2 Å². The van der Waals surface area contributed by atoms with Gasteiger partial charge in [-0.15, -0.1) is 0 Å². The Kier molecular flexibility index (Phi) is 10.5. The van der Waals surface area contributed by atoms with Gasteiger partial charge in [0.2, 0.25) is 11.8 Å². The van der Waals surface area contributed by atoms with Gasteiger partial charge in [-0.05, 0) is 48.9 Å². The topological polar surface area (TPSA) is 88.7 Å². The number of benzene rings is 3. The van der Waals surface area contributed by atoms with Crippen LogP contribution in [-0.2, 0) is 9.59 Å². The third-order valence-electron chi connectivity index (χ3n) is 5.12. The lowest BCUT2D eigenvalue weighted by molar-refractivity contribution is -0.116. The Bertz CT molecular complexity index is 1070. The zero-order valence-electron chi connectivity index (χ0n) is 20.1. The molecule has 0 aromatic heterocycles. The van der Waals surface area contributed by atoms with Crippen LogP contribution in [0, 0.1) is 0 Å². The molecule has 0 aliphatic heterocycles. The first-order valence-electron chi connectivity index (χ1n) is 12.0. The van der Waals surface area contributed by atoms with E-state index in [2.05, 4.69) is 22.9 Å². The lowest BCUT2D eigenvalue weighted by Gasteiger charge is -2.14. The van der Waals surface area contributed by atoms with Crippen LogP contribution in [-0.4, -0.2) is 31.6 Å². The van der Waals surface area contributed by atoms with E-state index < -0.39 is 0 Å². The first-order valence-corrected chi connectivity index (χ1v) is 12.0. The minimum atomic E-state index is -0.212. The summed E-state index contributed by atoms with van der Waals surface area (Å²) in [5, 5.41) is 8.88. The molecule has 184 valence electrons. The molecule has 0 saturated carbocycles. The fraction of sp³-hybridized carbons (Fsp3) is 0.286. The van der Waals surface area contributed by atoms with Crippen LogP contribution >= 0.6 is 0 Å². The summed E-state index contributed by atoms with van der Waals surface area (Å²) in [6.45, 7) is 2.91. The Morgan fingerprint density at radius 1 is 0.743 bits per heavy atom. The zero-order valence-corrected chi connectivity index (χ0v) is 20.1. The maximum absolute atomic E-state index is 12.5. The number of anilines is 3. The highest BCUT2D eigenvalue weighted by Crippen LogP contribution is 2.24. The molecule has 7 nitrogen and oxygen atoms in total. The molecule has 3 N–H and O–H groups in total. The predicted octanol–water partition coefficient (Wildman–Crippen LogP) is 5.71. The maximum Gasteiger partial charge on any atom is 0.243 e. The summed E-state index contributed by atoms with van der Waals surface area (Å²) in [5.74, 6) is 1.14. The predicted molar refractivity (Wildman–Crippen MR) is 140 cm³/mol. The highest BCUT2D eigenvalue weighted by molar-refractivity contribution is 5.95. The van der Waals surface area contributed by atoms with Crippen LogP contribution in [0.3, 0.4) is 0 Å². The van der Waals surface area contributed by atoms with Crippen molar-refractivity contribution in [1.82, 2.24) is 0 Å². The summed E-state index contributed by atoms with van der Waals surface area (Å²) >= 11 is 0. The molecule has 0 bridgehead atoms. The molecule has 35 heavy (non-hydrogen) atoms. The number of ether oxygens (including phenoxy) is 2. The van der Waals surface area contributed by atoms with E-state index in [1.165, 1.54) is 0 Å². The average Bonchev–Trinajstić information content (AvgIpc) is 2.87. The van der Waals surface area contributed by atoms with E-state index in [1.54, 1.807) is 12.1 Å². The number of carbonyl (C=O) groups is 2. The van der Waals surface area contributed by atoms with E-state index in [0.29, 0.717) is 36.8 Å². The summed E-state index contributed by atoms with van der Waals surface area (Å²) in [4.78, 5) is 24.6. The van der Waals surface area contributed by atoms with Crippen molar-refractivity contribution in [3.8, 4) is 11.5 Å². The molecule has 0 aliphatic rings. The molecule has 0 atom stereocenters. The molecular formula is C28H33N3O4. The minimum absolute atomic E-state index is 0.000816. The fourth-order valence-electron chi connectivity index (χ4n) is 3.37. The maximum atomic E-state index is 12.5. The molecular weight excluding hydrogens is 442 g/mol. The number of hydrogen-bond donors (Lipinski definition) is 3. The van der Waals surface area contributed by atoms with Crippen LogP contribution in [0.2, 0.25) is 0 Å². The van der Waals surface area contributed by atoms with Gasteiger partial charge < -0.3 is 25.4 Å². The molecule has 0 unspecified atom stereocenters. The van der Waals surface area contributed by atoms with Crippen molar-refractivity contribution in [2.24, 2.45) is 0 Å². The number of carbonyl (C=O) groups excluding carboxylic acids is 2. The molecule has 3 rings (SSSR count). The van der Waals surface area contributed by atoms with Crippen molar-refractivity contribution < 1.29 is 19.1 Å². The largest absolute Gasteiger partial charge is 0.490 e. The van der Waals surface area contributed by atoms with Crippen LogP contribution in [0.5, 0.6) is 11.5 Å². The zero-order chi connectivity index (χ0) is 24.7. The van der Waals surface area contributed by atoms with E-state index in [0.717, 1.165) is 30.7 Å². The highest BCUT2D eigenvalue weighted by atomic mass is 16.5. The fourth-order valence-corrected chi connectivity index (χ4v) is 3.37. The van der Waals surface area contributed by atoms with E-state index in [4.69, 9.17) is 9.47 Å². The van der Waals surface area contributed by atoms with E-state index in [1.807, 2.05) is 66.7 Å². The van der Waals surface area contributed by atoms with Gasteiger partial charge in [0.05, 0.1) is 12.2 Å². The number of nitrogens with one attached hydrogen (secondary N) is 3. The second kappa shape index (κ2) is 14.3. The van der Waals surface area contributed by atoms with E-state index in [9.17, 15) is 9.59 Å². The standard InChI is InChI=1S/C28H33N3O4/c1-2-3-5-17-27(32)30-23-12-10-11-22(20-23)29-21-28(33)31-25-15-8-9-16-26(25)35-19-18-34-24-13-6-4-7-14-24/h4,6-16,20,29H,2-3,5,17-19,21H2,1H3,(H,30,32)(H,31,33). The molecule has 0 aliphatic carbocycles. The van der Waals surface area contributed by atoms with Gasteiger partial charge in [0.1, 0.15) is 24.7 Å². The molecule has 0 saturated heterocycles. The Balaban J connectivity index is 1.44. The smallest absolute Gasteiger partial charge is 0.243 e. The molecule has 0 radical (unpaired) electrons. The van der Waals surface area contributed by atoms with Crippen LogP contribution in [0.4, 0.5) is 17.1 Å². The summed E-state index contributed by atoms with van der Waals surface area (Å²) in [6, 6.07) is 24.1. The molecule has 3 aromatic carbocycles. The Hall–Kier alpha value is -4.00. The van der Waals surface area contributed by atoms with Crippen molar-refractivity contribution >= 4 is 28.9 Å². The second-order valence-electron chi connectivity index (χ2n) is 7.99. The van der Waals surface area contributed by atoms with Crippen LogP contribution in [0.25, 0.3) is 0 Å². The Labute approximate surface area is 206 Å². The Morgan fingerprint density at radius 3 is 2.31 bits per heavy atom. The molecule has 0 heterocycles. The first kappa shape index (κ1) is 25.6. The van der Waals surface area contributed by atoms with Gasteiger partial charge in [-0.2, -0.15) is 0 Å². The summed E-state index contributed by atoms with van der Waals surface area (Å²) in [6.07, 6.45) is 3.51.